The molecule has 0 spiro atoms. The van der Waals surface area contributed by atoms with Gasteiger partial charge in [-0.15, -0.1) is 0 Å². The van der Waals surface area contributed by atoms with E-state index in [1.54, 1.807) is 18.2 Å². The standard InChI is InChI=1S/C21H24N2O4/c1-4-15-7-5-6-8-18(15)23-21(26)13-22-20(25)12-17-11-16(14(2)24)9-10-19(17)27-3/h5-11H,4,12-13H2,1-3H3,(H,22,25)(H,23,26). The monoisotopic (exact) mass is 368 g/mol. The molecule has 142 valence electrons. The van der Waals surface area contributed by atoms with Crippen molar-refractivity contribution in [3.63, 3.8) is 0 Å². The zero-order chi connectivity index (χ0) is 19.8. The molecule has 0 radical (unpaired) electrons. The molecule has 2 aromatic rings. The fourth-order valence-electron chi connectivity index (χ4n) is 2.70. The summed E-state index contributed by atoms with van der Waals surface area (Å²) in [5.74, 6) is -0.189. The number of benzene rings is 2. The van der Waals surface area contributed by atoms with Crippen LogP contribution in [0.5, 0.6) is 5.75 Å². The molecule has 0 saturated carbocycles. The lowest BCUT2D eigenvalue weighted by molar-refractivity contribution is -0.123. The second kappa shape index (κ2) is 9.52. The largest absolute Gasteiger partial charge is 0.496 e. The molecule has 2 rings (SSSR count). The van der Waals surface area contributed by atoms with Gasteiger partial charge in [0.2, 0.25) is 11.8 Å². The van der Waals surface area contributed by atoms with Crippen LogP contribution in [0.15, 0.2) is 42.5 Å². The van der Waals surface area contributed by atoms with E-state index in [4.69, 9.17) is 4.74 Å². The van der Waals surface area contributed by atoms with Crippen LogP contribution in [0.1, 0.15) is 35.3 Å². The first kappa shape index (κ1) is 20.2. The Hall–Kier alpha value is -3.15. The summed E-state index contributed by atoms with van der Waals surface area (Å²) < 4.78 is 5.24. The fourth-order valence-corrected chi connectivity index (χ4v) is 2.70. The van der Waals surface area contributed by atoms with Gasteiger partial charge < -0.3 is 15.4 Å². The maximum absolute atomic E-state index is 12.2. The Morgan fingerprint density at radius 2 is 1.74 bits per heavy atom. The number of para-hydroxylation sites is 1. The van der Waals surface area contributed by atoms with E-state index < -0.39 is 0 Å². The van der Waals surface area contributed by atoms with Crippen molar-refractivity contribution < 1.29 is 19.1 Å². The van der Waals surface area contributed by atoms with Gasteiger partial charge in [0.05, 0.1) is 20.1 Å². The van der Waals surface area contributed by atoms with Crippen LogP contribution in [-0.2, 0) is 22.4 Å². The lowest BCUT2D eigenvalue weighted by atomic mass is 10.0. The highest BCUT2D eigenvalue weighted by atomic mass is 16.5. The summed E-state index contributed by atoms with van der Waals surface area (Å²) in [5.41, 5.74) is 2.88. The van der Waals surface area contributed by atoms with E-state index in [9.17, 15) is 14.4 Å². The van der Waals surface area contributed by atoms with Gasteiger partial charge in [-0.2, -0.15) is 0 Å². The van der Waals surface area contributed by atoms with Crippen LogP contribution in [0.2, 0.25) is 0 Å². The molecule has 0 bridgehead atoms. The molecule has 2 N–H and O–H groups in total. The maximum Gasteiger partial charge on any atom is 0.243 e. The highest BCUT2D eigenvalue weighted by Crippen LogP contribution is 2.21. The van der Waals surface area contributed by atoms with Crippen LogP contribution in [-0.4, -0.2) is 31.3 Å². The van der Waals surface area contributed by atoms with E-state index in [0.29, 0.717) is 16.9 Å². The summed E-state index contributed by atoms with van der Waals surface area (Å²) in [6, 6.07) is 12.5. The van der Waals surface area contributed by atoms with Crippen LogP contribution >= 0.6 is 0 Å². The molecule has 0 fully saturated rings. The number of hydrogen-bond donors (Lipinski definition) is 2. The molecule has 0 saturated heterocycles. The zero-order valence-electron chi connectivity index (χ0n) is 15.8. The third kappa shape index (κ3) is 5.67. The number of nitrogens with one attached hydrogen (secondary N) is 2. The molecule has 0 atom stereocenters. The summed E-state index contributed by atoms with van der Waals surface area (Å²) in [6.07, 6.45) is 0.818. The molecular formula is C21H24N2O4. The van der Waals surface area contributed by atoms with Crippen molar-refractivity contribution >= 4 is 23.3 Å². The minimum Gasteiger partial charge on any atom is -0.496 e. The van der Waals surface area contributed by atoms with Crippen molar-refractivity contribution in [3.8, 4) is 5.75 Å². The molecule has 0 aliphatic rings. The average Bonchev–Trinajstić information content (AvgIpc) is 2.66. The van der Waals surface area contributed by atoms with Crippen molar-refractivity contribution in [1.82, 2.24) is 5.32 Å². The molecule has 6 nitrogen and oxygen atoms in total. The number of aryl methyl sites for hydroxylation is 1. The molecule has 0 aromatic heterocycles. The zero-order valence-corrected chi connectivity index (χ0v) is 15.8. The van der Waals surface area contributed by atoms with Gasteiger partial charge in [0.15, 0.2) is 5.78 Å². The Labute approximate surface area is 158 Å². The molecule has 0 heterocycles. The van der Waals surface area contributed by atoms with Gasteiger partial charge in [-0.1, -0.05) is 25.1 Å². The summed E-state index contributed by atoms with van der Waals surface area (Å²) >= 11 is 0. The van der Waals surface area contributed by atoms with Crippen LogP contribution in [0.3, 0.4) is 0 Å². The molecule has 0 unspecified atom stereocenters. The fraction of sp³-hybridized carbons (Fsp3) is 0.286. The molecule has 27 heavy (non-hydrogen) atoms. The Morgan fingerprint density at radius 3 is 2.41 bits per heavy atom. The van der Waals surface area contributed by atoms with E-state index in [1.165, 1.54) is 14.0 Å². The first-order chi connectivity index (χ1) is 12.9. The minimum absolute atomic E-state index is 0.0170. The van der Waals surface area contributed by atoms with Crippen LogP contribution in [0.4, 0.5) is 5.69 Å². The second-order valence-electron chi connectivity index (χ2n) is 6.10. The number of methoxy groups -OCH3 is 1. The van der Waals surface area contributed by atoms with E-state index in [1.807, 2.05) is 31.2 Å². The Morgan fingerprint density at radius 1 is 1.00 bits per heavy atom. The van der Waals surface area contributed by atoms with Crippen molar-refractivity contribution in [3.05, 3.63) is 59.2 Å². The molecular weight excluding hydrogens is 344 g/mol. The number of Topliss-reactive ketones (excluding diaryl/α,β-unsaturated/α-hetero) is 1. The van der Waals surface area contributed by atoms with Gasteiger partial charge in [-0.05, 0) is 43.2 Å². The highest BCUT2D eigenvalue weighted by Gasteiger charge is 2.13. The summed E-state index contributed by atoms with van der Waals surface area (Å²) in [4.78, 5) is 35.8. The van der Waals surface area contributed by atoms with Gasteiger partial charge in [0.1, 0.15) is 5.75 Å². The summed E-state index contributed by atoms with van der Waals surface area (Å²) in [5, 5.41) is 5.40. The van der Waals surface area contributed by atoms with Crippen molar-refractivity contribution in [1.29, 1.82) is 0 Å². The first-order valence-electron chi connectivity index (χ1n) is 8.77. The number of carbonyl (C=O) groups is 3. The average molecular weight is 368 g/mol. The Kier molecular flexibility index (Phi) is 7.11. The molecule has 0 aliphatic heterocycles. The van der Waals surface area contributed by atoms with Crippen LogP contribution in [0.25, 0.3) is 0 Å². The first-order valence-corrected chi connectivity index (χ1v) is 8.77. The predicted molar refractivity (Wildman–Crippen MR) is 104 cm³/mol. The SMILES string of the molecule is CCc1ccccc1NC(=O)CNC(=O)Cc1cc(C(C)=O)ccc1OC. The topological polar surface area (TPSA) is 84.5 Å². The Bertz CT molecular complexity index is 846. The quantitative estimate of drug-likeness (QED) is 0.702. The van der Waals surface area contributed by atoms with Crippen LogP contribution < -0.4 is 15.4 Å². The lowest BCUT2D eigenvalue weighted by Crippen LogP contribution is -2.34. The van der Waals surface area contributed by atoms with E-state index in [-0.39, 0.29) is 30.6 Å². The molecule has 2 aromatic carbocycles. The molecule has 2 amide bonds. The molecule has 6 heteroatoms. The van der Waals surface area contributed by atoms with E-state index in [2.05, 4.69) is 10.6 Å². The summed E-state index contributed by atoms with van der Waals surface area (Å²) in [6.45, 7) is 3.34. The van der Waals surface area contributed by atoms with Gasteiger partial charge in [0.25, 0.3) is 0 Å². The Balaban J connectivity index is 1.95. The van der Waals surface area contributed by atoms with Crippen molar-refractivity contribution in [2.75, 3.05) is 19.0 Å². The number of ketones is 1. The predicted octanol–water partition coefficient (Wildman–Crippen LogP) is 2.76. The van der Waals surface area contributed by atoms with Crippen LogP contribution in [0, 0.1) is 0 Å². The van der Waals surface area contributed by atoms with Crippen molar-refractivity contribution in [2.24, 2.45) is 0 Å². The van der Waals surface area contributed by atoms with E-state index in [0.717, 1.165) is 17.7 Å². The smallest absolute Gasteiger partial charge is 0.243 e. The third-order valence-corrected chi connectivity index (χ3v) is 4.16. The number of amides is 2. The number of anilines is 1. The van der Waals surface area contributed by atoms with Gasteiger partial charge >= 0.3 is 0 Å². The van der Waals surface area contributed by atoms with E-state index >= 15 is 0 Å². The van der Waals surface area contributed by atoms with Gasteiger partial charge in [0, 0.05) is 16.8 Å². The number of rotatable bonds is 8. The second-order valence-corrected chi connectivity index (χ2v) is 6.10. The molecule has 0 aliphatic carbocycles. The van der Waals surface area contributed by atoms with Gasteiger partial charge in [-0.25, -0.2) is 0 Å². The maximum atomic E-state index is 12.2. The number of hydrogen-bond acceptors (Lipinski definition) is 4. The highest BCUT2D eigenvalue weighted by molar-refractivity contribution is 5.96. The number of carbonyl (C=O) groups excluding carboxylic acids is 3. The third-order valence-electron chi connectivity index (χ3n) is 4.16. The summed E-state index contributed by atoms with van der Waals surface area (Å²) in [7, 11) is 1.50. The minimum atomic E-state index is -0.326. The number of ether oxygens (including phenoxy) is 1. The lowest BCUT2D eigenvalue weighted by Gasteiger charge is -2.12. The van der Waals surface area contributed by atoms with Crippen molar-refractivity contribution in [2.45, 2.75) is 26.7 Å². The normalized spacial score (nSPS) is 10.2. The van der Waals surface area contributed by atoms with Gasteiger partial charge in [-0.3, -0.25) is 14.4 Å².